The molecule has 122 valence electrons. The number of hydrogen-bond acceptors (Lipinski definition) is 1. The highest BCUT2D eigenvalue weighted by Gasteiger charge is 2.11. The topological polar surface area (TPSA) is 41.1 Å². The van der Waals surface area contributed by atoms with Crippen LogP contribution in [-0.2, 0) is 0 Å². The highest BCUT2D eigenvalue weighted by atomic mass is 16.2. The Balaban J connectivity index is 1.76. The Labute approximate surface area is 139 Å². The molecule has 0 spiro atoms. The quantitative estimate of drug-likeness (QED) is 0.807. The predicted molar refractivity (Wildman–Crippen MR) is 95.6 cm³/mol. The van der Waals surface area contributed by atoms with Crippen molar-refractivity contribution < 1.29 is 4.79 Å². The molecule has 2 aromatic carbocycles. The zero-order valence-electron chi connectivity index (χ0n) is 14.2. The summed E-state index contributed by atoms with van der Waals surface area (Å²) in [5.41, 5.74) is 3.65. The van der Waals surface area contributed by atoms with Crippen LogP contribution in [0.5, 0.6) is 0 Å². The summed E-state index contributed by atoms with van der Waals surface area (Å²) < 4.78 is 0. The van der Waals surface area contributed by atoms with Gasteiger partial charge in [0.2, 0.25) is 0 Å². The lowest BCUT2D eigenvalue weighted by Crippen LogP contribution is -2.38. The average molecular weight is 310 g/mol. The highest BCUT2D eigenvalue weighted by molar-refractivity contribution is 5.74. The largest absolute Gasteiger partial charge is 0.338 e. The van der Waals surface area contributed by atoms with Crippen LogP contribution in [0.25, 0.3) is 0 Å². The maximum Gasteiger partial charge on any atom is 0.315 e. The number of carbonyl (C=O) groups is 1. The summed E-state index contributed by atoms with van der Waals surface area (Å²) in [4.78, 5) is 12.0. The molecule has 2 N–H and O–H groups in total. The summed E-state index contributed by atoms with van der Waals surface area (Å²) in [7, 11) is 0. The van der Waals surface area contributed by atoms with Crippen LogP contribution in [0.4, 0.5) is 4.79 Å². The third kappa shape index (κ3) is 5.13. The van der Waals surface area contributed by atoms with Gasteiger partial charge in [0.15, 0.2) is 0 Å². The second kappa shape index (κ2) is 8.37. The third-order valence-electron chi connectivity index (χ3n) is 4.23. The standard InChI is InChI=1S/C20H26N2O/c1-15(18-10-5-4-6-11-18)13-14-21-20(23)22-17(3)19-12-8-7-9-16(19)2/h4-12,15,17H,13-14H2,1-3H3,(H2,21,22,23). The molecule has 0 fully saturated rings. The van der Waals surface area contributed by atoms with Gasteiger partial charge in [0.25, 0.3) is 0 Å². The van der Waals surface area contributed by atoms with Gasteiger partial charge in [-0.2, -0.15) is 0 Å². The monoisotopic (exact) mass is 310 g/mol. The van der Waals surface area contributed by atoms with Crippen LogP contribution < -0.4 is 10.6 Å². The van der Waals surface area contributed by atoms with Crippen molar-refractivity contribution in [3.05, 3.63) is 71.3 Å². The molecule has 0 saturated heterocycles. The fourth-order valence-corrected chi connectivity index (χ4v) is 2.75. The number of benzene rings is 2. The van der Waals surface area contributed by atoms with E-state index in [-0.39, 0.29) is 12.1 Å². The molecule has 0 bridgehead atoms. The number of aryl methyl sites for hydroxylation is 1. The number of rotatable bonds is 6. The van der Waals surface area contributed by atoms with Crippen molar-refractivity contribution in [3.8, 4) is 0 Å². The Morgan fingerprint density at radius 3 is 2.35 bits per heavy atom. The van der Waals surface area contributed by atoms with Crippen LogP contribution in [0.2, 0.25) is 0 Å². The lowest BCUT2D eigenvalue weighted by molar-refractivity contribution is 0.237. The highest BCUT2D eigenvalue weighted by Crippen LogP contribution is 2.18. The van der Waals surface area contributed by atoms with Crippen LogP contribution in [-0.4, -0.2) is 12.6 Å². The van der Waals surface area contributed by atoms with E-state index in [2.05, 4.69) is 60.9 Å². The molecule has 2 amide bonds. The van der Waals surface area contributed by atoms with E-state index in [0.29, 0.717) is 12.5 Å². The van der Waals surface area contributed by atoms with E-state index in [1.54, 1.807) is 0 Å². The van der Waals surface area contributed by atoms with Crippen LogP contribution in [0.3, 0.4) is 0 Å². The van der Waals surface area contributed by atoms with E-state index in [0.717, 1.165) is 12.0 Å². The predicted octanol–water partition coefficient (Wildman–Crippen LogP) is 4.55. The summed E-state index contributed by atoms with van der Waals surface area (Å²) in [6.07, 6.45) is 0.927. The molecule has 0 radical (unpaired) electrons. The Bertz CT molecular complexity index is 625. The van der Waals surface area contributed by atoms with E-state index >= 15 is 0 Å². The summed E-state index contributed by atoms with van der Waals surface area (Å²) in [6.45, 7) is 6.93. The van der Waals surface area contributed by atoms with Crippen LogP contribution in [0, 0.1) is 6.92 Å². The molecule has 2 unspecified atom stereocenters. The van der Waals surface area contributed by atoms with Crippen molar-refractivity contribution >= 4 is 6.03 Å². The van der Waals surface area contributed by atoms with Gasteiger partial charge in [-0.3, -0.25) is 0 Å². The van der Waals surface area contributed by atoms with Gasteiger partial charge in [0.1, 0.15) is 0 Å². The van der Waals surface area contributed by atoms with Crippen molar-refractivity contribution in [2.75, 3.05) is 6.54 Å². The first-order valence-corrected chi connectivity index (χ1v) is 8.22. The van der Waals surface area contributed by atoms with Crippen LogP contribution in [0.1, 0.15) is 48.9 Å². The van der Waals surface area contributed by atoms with Gasteiger partial charge in [0.05, 0.1) is 6.04 Å². The minimum atomic E-state index is -0.110. The van der Waals surface area contributed by atoms with Gasteiger partial charge in [-0.1, -0.05) is 61.5 Å². The maximum atomic E-state index is 12.0. The molecule has 0 heterocycles. The van der Waals surface area contributed by atoms with Crippen molar-refractivity contribution in [3.63, 3.8) is 0 Å². The van der Waals surface area contributed by atoms with E-state index < -0.39 is 0 Å². The summed E-state index contributed by atoms with van der Waals surface area (Å²) in [5.74, 6) is 0.435. The minimum Gasteiger partial charge on any atom is -0.338 e. The molecule has 0 aromatic heterocycles. The van der Waals surface area contributed by atoms with E-state index in [1.165, 1.54) is 11.1 Å². The number of nitrogens with one attached hydrogen (secondary N) is 2. The molecular weight excluding hydrogens is 284 g/mol. The Hall–Kier alpha value is -2.29. The molecule has 3 nitrogen and oxygen atoms in total. The molecule has 0 aliphatic heterocycles. The smallest absolute Gasteiger partial charge is 0.315 e. The van der Waals surface area contributed by atoms with E-state index in [1.807, 2.05) is 25.1 Å². The Morgan fingerprint density at radius 2 is 1.65 bits per heavy atom. The molecule has 3 heteroatoms. The lowest BCUT2D eigenvalue weighted by atomic mass is 9.98. The second-order valence-electron chi connectivity index (χ2n) is 6.08. The zero-order valence-corrected chi connectivity index (χ0v) is 14.2. The van der Waals surface area contributed by atoms with E-state index in [9.17, 15) is 4.79 Å². The fraction of sp³-hybridized carbons (Fsp3) is 0.350. The average Bonchev–Trinajstić information content (AvgIpc) is 2.55. The molecule has 2 atom stereocenters. The van der Waals surface area contributed by atoms with Gasteiger partial charge in [-0.15, -0.1) is 0 Å². The number of urea groups is 1. The molecule has 2 aromatic rings. The molecule has 2 rings (SSSR count). The summed E-state index contributed by atoms with van der Waals surface area (Å²) in [6, 6.07) is 18.4. The van der Waals surface area contributed by atoms with Crippen molar-refractivity contribution in [2.45, 2.75) is 39.2 Å². The van der Waals surface area contributed by atoms with Gasteiger partial charge >= 0.3 is 6.03 Å². The van der Waals surface area contributed by atoms with Crippen molar-refractivity contribution in [1.29, 1.82) is 0 Å². The fourth-order valence-electron chi connectivity index (χ4n) is 2.75. The summed E-state index contributed by atoms with van der Waals surface area (Å²) >= 11 is 0. The molecule has 0 saturated carbocycles. The Morgan fingerprint density at radius 1 is 1.00 bits per heavy atom. The normalized spacial score (nSPS) is 13.2. The maximum absolute atomic E-state index is 12.0. The summed E-state index contributed by atoms with van der Waals surface area (Å²) in [5, 5.41) is 5.95. The lowest BCUT2D eigenvalue weighted by Gasteiger charge is -2.18. The SMILES string of the molecule is Cc1ccccc1C(C)NC(=O)NCCC(C)c1ccccc1. The minimum absolute atomic E-state index is 0.00254. The molecule has 0 aliphatic carbocycles. The van der Waals surface area contributed by atoms with Gasteiger partial charge < -0.3 is 10.6 Å². The molecule has 0 aliphatic rings. The van der Waals surface area contributed by atoms with Gasteiger partial charge in [0, 0.05) is 6.54 Å². The van der Waals surface area contributed by atoms with Crippen molar-refractivity contribution in [2.24, 2.45) is 0 Å². The van der Waals surface area contributed by atoms with Gasteiger partial charge in [-0.25, -0.2) is 4.79 Å². The van der Waals surface area contributed by atoms with Crippen LogP contribution in [0.15, 0.2) is 54.6 Å². The third-order valence-corrected chi connectivity index (χ3v) is 4.23. The molecule has 23 heavy (non-hydrogen) atoms. The molecular formula is C20H26N2O. The Kier molecular flexibility index (Phi) is 6.21. The van der Waals surface area contributed by atoms with Crippen LogP contribution >= 0.6 is 0 Å². The zero-order chi connectivity index (χ0) is 16.7. The number of carbonyl (C=O) groups excluding carboxylic acids is 1. The van der Waals surface area contributed by atoms with Gasteiger partial charge in [-0.05, 0) is 42.9 Å². The first-order chi connectivity index (χ1) is 11.1. The second-order valence-corrected chi connectivity index (χ2v) is 6.08. The number of hydrogen-bond donors (Lipinski definition) is 2. The number of amides is 2. The first kappa shape index (κ1) is 17.1. The first-order valence-electron chi connectivity index (χ1n) is 8.22. The van der Waals surface area contributed by atoms with E-state index in [4.69, 9.17) is 0 Å². The van der Waals surface area contributed by atoms with Crippen molar-refractivity contribution in [1.82, 2.24) is 10.6 Å².